The van der Waals surface area contributed by atoms with E-state index >= 15 is 0 Å². The number of amidine groups is 1. The Labute approximate surface area is 192 Å². The average molecular weight is 509 g/mol. The van der Waals surface area contributed by atoms with E-state index in [2.05, 4.69) is 10.3 Å². The van der Waals surface area contributed by atoms with Crippen LogP contribution in [0.25, 0.3) is 0 Å². The topological polar surface area (TPSA) is 92.4 Å². The minimum Gasteiger partial charge on any atom is -0.467 e. The Morgan fingerprint density at radius 1 is 1.03 bits per heavy atom. The normalized spacial score (nSPS) is 15.1. The van der Waals surface area contributed by atoms with Gasteiger partial charge in [0, 0.05) is 5.56 Å². The highest BCUT2D eigenvalue weighted by molar-refractivity contribution is 6.09. The van der Waals surface area contributed by atoms with Crippen molar-refractivity contribution in [1.29, 1.82) is 0 Å². The van der Waals surface area contributed by atoms with Gasteiger partial charge < -0.3 is 9.73 Å². The van der Waals surface area contributed by atoms with E-state index in [1.807, 2.05) is 0 Å². The third-order valence-electron chi connectivity index (χ3n) is 5.12. The molecule has 1 aromatic carbocycles. The highest BCUT2D eigenvalue weighted by Gasteiger charge is 2.75. The highest BCUT2D eigenvalue weighted by Crippen LogP contribution is 2.55. The molecule has 14 heteroatoms. The first-order chi connectivity index (χ1) is 15.3. The largest absolute Gasteiger partial charge is 0.467 e. The van der Waals surface area contributed by atoms with E-state index < -0.39 is 52.9 Å². The number of anilines is 1. The van der Waals surface area contributed by atoms with Crippen LogP contribution >= 0.6 is 12.4 Å². The van der Waals surface area contributed by atoms with Crippen LogP contribution in [-0.4, -0.2) is 27.7 Å². The number of aliphatic imine (C=N–C) groups is 1. The minimum atomic E-state index is -6.07. The molecular weight excluding hydrogens is 494 g/mol. The number of aryl methyl sites for hydroxylation is 1. The molecule has 0 bridgehead atoms. The smallest absolute Gasteiger partial charge is 0.427 e. The summed E-state index contributed by atoms with van der Waals surface area (Å²) in [6, 6.07) is 8.25. The Morgan fingerprint density at radius 3 is 2.18 bits per heavy atom. The lowest BCUT2D eigenvalue weighted by atomic mass is 9.87. The van der Waals surface area contributed by atoms with Crippen molar-refractivity contribution in [3.05, 3.63) is 86.0 Å². The molecule has 2 aromatic heterocycles. The van der Waals surface area contributed by atoms with Gasteiger partial charge in [-0.3, -0.25) is 14.3 Å². The molecule has 0 unspecified atom stereocenters. The molecule has 0 saturated heterocycles. The summed E-state index contributed by atoms with van der Waals surface area (Å²) < 4.78 is 90.8. The van der Waals surface area contributed by atoms with Gasteiger partial charge in [0.05, 0.1) is 12.8 Å². The highest BCUT2D eigenvalue weighted by atomic mass is 35.5. The molecule has 4 rings (SSSR count). The van der Waals surface area contributed by atoms with Crippen molar-refractivity contribution in [1.82, 2.24) is 9.55 Å². The molecule has 3 aromatic rings. The number of furan rings is 1. The number of nitrogens with one attached hydrogen (secondary N) is 2. The van der Waals surface area contributed by atoms with E-state index in [4.69, 9.17) is 4.42 Å². The van der Waals surface area contributed by atoms with E-state index in [0.29, 0.717) is 10.1 Å². The third kappa shape index (κ3) is 3.89. The molecule has 2 N–H and O–H groups in total. The summed E-state index contributed by atoms with van der Waals surface area (Å²) >= 11 is 0. The number of fused-ring (bicyclic) bond motifs is 1. The fourth-order valence-corrected chi connectivity index (χ4v) is 3.53. The number of H-pyrrole nitrogens is 1. The van der Waals surface area contributed by atoms with Crippen molar-refractivity contribution in [3.8, 4) is 0 Å². The summed E-state index contributed by atoms with van der Waals surface area (Å²) in [7, 11) is 0. The van der Waals surface area contributed by atoms with E-state index in [0.717, 1.165) is 0 Å². The summed E-state index contributed by atoms with van der Waals surface area (Å²) in [5.74, 6) is -1.74. The van der Waals surface area contributed by atoms with E-state index in [1.54, 1.807) is 11.9 Å². The monoisotopic (exact) mass is 508 g/mol. The van der Waals surface area contributed by atoms with Gasteiger partial charge in [0.2, 0.25) is 0 Å². The molecule has 0 radical (unpaired) electrons. The van der Waals surface area contributed by atoms with Crippen LogP contribution in [0.3, 0.4) is 0 Å². The van der Waals surface area contributed by atoms with Crippen LogP contribution in [-0.2, 0) is 12.1 Å². The number of benzene rings is 1. The first-order valence-corrected chi connectivity index (χ1v) is 9.32. The predicted octanol–water partition coefficient (Wildman–Crippen LogP) is 4.10. The molecule has 1 aliphatic rings. The number of nitrogens with zero attached hydrogens (tertiary/aromatic N) is 2. The van der Waals surface area contributed by atoms with Crippen molar-refractivity contribution < 1.29 is 30.8 Å². The molecule has 0 atom stereocenters. The second-order valence-corrected chi connectivity index (χ2v) is 7.31. The zero-order valence-corrected chi connectivity index (χ0v) is 17.9. The standard InChI is InChI=1S/C20H14F6N4O3.ClH/c1-10-4-6-11(7-5-10)14-27-15-13(18(29-14,19(21,22)23)20(24,25)26)16(31)28-17(32)30(15)9-12-3-2-8-33-12;/h2-8H,9H2,1H3,(H,27,29)(H,28,31,32);1H. The van der Waals surface area contributed by atoms with Crippen molar-refractivity contribution >= 4 is 24.1 Å². The quantitative estimate of drug-likeness (QED) is 0.521. The first kappa shape index (κ1) is 25.1. The Hall–Kier alpha value is -3.48. The maximum absolute atomic E-state index is 14.2. The Bertz CT molecular complexity index is 1330. The van der Waals surface area contributed by atoms with Crippen LogP contribution < -0.4 is 16.6 Å². The Morgan fingerprint density at radius 2 is 1.65 bits per heavy atom. The maximum Gasteiger partial charge on any atom is 0.427 e. The molecule has 182 valence electrons. The van der Waals surface area contributed by atoms with Crippen LogP contribution in [0.5, 0.6) is 0 Å². The number of rotatable bonds is 3. The number of alkyl halides is 6. The fourth-order valence-electron chi connectivity index (χ4n) is 3.53. The van der Waals surface area contributed by atoms with Gasteiger partial charge in [-0.15, -0.1) is 12.4 Å². The van der Waals surface area contributed by atoms with E-state index in [-0.39, 0.29) is 23.7 Å². The predicted molar refractivity (Wildman–Crippen MR) is 112 cm³/mol. The SMILES string of the molecule is Cc1ccc(C2=NC(C(F)(F)F)(C(F)(F)F)c3c(n(Cc4ccco4)c(=O)[nH]c3=O)N2)cc1.Cl. The Balaban J connectivity index is 0.00000324. The van der Waals surface area contributed by atoms with Gasteiger partial charge in [0.1, 0.15) is 23.0 Å². The molecular formula is C20H15ClF6N4O3. The number of hydrogen-bond acceptors (Lipinski definition) is 5. The molecule has 3 heterocycles. The summed E-state index contributed by atoms with van der Waals surface area (Å²) in [6.45, 7) is 1.12. The maximum atomic E-state index is 14.2. The lowest BCUT2D eigenvalue weighted by Crippen LogP contribution is -2.59. The van der Waals surface area contributed by atoms with Gasteiger partial charge in [-0.1, -0.05) is 29.8 Å². The number of halogens is 7. The van der Waals surface area contributed by atoms with E-state index in [1.165, 1.54) is 42.7 Å². The number of aromatic nitrogens is 2. The zero-order chi connectivity index (χ0) is 24.2. The molecule has 0 fully saturated rings. The van der Waals surface area contributed by atoms with Crippen molar-refractivity contribution in [2.24, 2.45) is 4.99 Å². The fraction of sp³-hybridized carbons (Fsp3) is 0.250. The Kier molecular flexibility index (Phi) is 6.20. The van der Waals surface area contributed by atoms with Crippen LogP contribution in [0, 0.1) is 6.92 Å². The summed E-state index contributed by atoms with van der Waals surface area (Å²) in [6.07, 6.45) is -10.9. The van der Waals surface area contributed by atoms with Gasteiger partial charge in [0.15, 0.2) is 0 Å². The number of aromatic amines is 1. The molecule has 1 aliphatic heterocycles. The van der Waals surface area contributed by atoms with Gasteiger partial charge in [-0.05, 0) is 19.1 Å². The lowest BCUT2D eigenvalue weighted by Gasteiger charge is -2.38. The second-order valence-electron chi connectivity index (χ2n) is 7.31. The van der Waals surface area contributed by atoms with Crippen LogP contribution in [0.15, 0.2) is 61.7 Å². The molecule has 0 spiro atoms. The van der Waals surface area contributed by atoms with Crippen LogP contribution in [0.4, 0.5) is 32.2 Å². The molecule has 34 heavy (non-hydrogen) atoms. The summed E-state index contributed by atoms with van der Waals surface area (Å²) in [5.41, 5.74) is -9.22. The van der Waals surface area contributed by atoms with Gasteiger partial charge in [-0.2, -0.15) is 26.3 Å². The first-order valence-electron chi connectivity index (χ1n) is 9.32. The summed E-state index contributed by atoms with van der Waals surface area (Å²) in [4.78, 5) is 29.5. The molecule has 0 amide bonds. The zero-order valence-electron chi connectivity index (χ0n) is 17.0. The molecule has 0 aliphatic carbocycles. The second kappa shape index (κ2) is 8.38. The number of hydrogen-bond donors (Lipinski definition) is 2. The lowest BCUT2D eigenvalue weighted by molar-refractivity contribution is -0.301. The minimum absolute atomic E-state index is 0. The van der Waals surface area contributed by atoms with Crippen LogP contribution in [0.1, 0.15) is 22.5 Å². The third-order valence-corrected chi connectivity index (χ3v) is 5.12. The van der Waals surface area contributed by atoms with Gasteiger partial charge in [-0.25, -0.2) is 9.79 Å². The summed E-state index contributed by atoms with van der Waals surface area (Å²) in [5, 5.41) is 2.35. The van der Waals surface area contributed by atoms with Crippen molar-refractivity contribution in [3.63, 3.8) is 0 Å². The average Bonchev–Trinajstić information content (AvgIpc) is 3.22. The molecule has 0 saturated carbocycles. The van der Waals surface area contributed by atoms with Crippen molar-refractivity contribution in [2.75, 3.05) is 5.32 Å². The van der Waals surface area contributed by atoms with Gasteiger partial charge >= 0.3 is 18.0 Å². The van der Waals surface area contributed by atoms with Crippen LogP contribution in [0.2, 0.25) is 0 Å². The van der Waals surface area contributed by atoms with Crippen molar-refractivity contribution in [2.45, 2.75) is 31.4 Å². The van der Waals surface area contributed by atoms with Gasteiger partial charge in [0.25, 0.3) is 11.1 Å². The molecule has 7 nitrogen and oxygen atoms in total. The van der Waals surface area contributed by atoms with E-state index in [9.17, 15) is 35.9 Å².